The monoisotopic (exact) mass is 220 g/mol. The van der Waals surface area contributed by atoms with Gasteiger partial charge in [0.15, 0.2) is 0 Å². The quantitative estimate of drug-likeness (QED) is 0.840. The van der Waals surface area contributed by atoms with Crippen molar-refractivity contribution in [3.8, 4) is 0 Å². The van der Waals surface area contributed by atoms with E-state index in [9.17, 15) is 4.79 Å². The Morgan fingerprint density at radius 3 is 2.38 bits per heavy atom. The first kappa shape index (κ1) is 12.7. The van der Waals surface area contributed by atoms with Crippen LogP contribution in [0.15, 0.2) is 18.2 Å². The lowest BCUT2D eigenvalue weighted by molar-refractivity contribution is 0.0793. The zero-order chi connectivity index (χ0) is 12.1. The Morgan fingerprint density at radius 1 is 1.31 bits per heavy atom. The van der Waals surface area contributed by atoms with Crippen LogP contribution < -0.4 is 5.73 Å². The Hall–Kier alpha value is -1.35. The molecule has 0 radical (unpaired) electrons. The summed E-state index contributed by atoms with van der Waals surface area (Å²) in [4.78, 5) is 13.9. The number of aryl methyl sites for hydroxylation is 2. The number of amides is 1. The third-order valence-corrected chi connectivity index (χ3v) is 2.74. The summed E-state index contributed by atoms with van der Waals surface area (Å²) >= 11 is 0. The molecule has 0 aliphatic carbocycles. The molecule has 0 saturated heterocycles. The van der Waals surface area contributed by atoms with Gasteiger partial charge in [0, 0.05) is 19.2 Å². The maximum atomic E-state index is 12.2. The van der Waals surface area contributed by atoms with Crippen molar-refractivity contribution in [2.75, 3.05) is 20.1 Å². The average molecular weight is 220 g/mol. The molecule has 1 amide bonds. The van der Waals surface area contributed by atoms with E-state index in [1.165, 1.54) is 0 Å². The summed E-state index contributed by atoms with van der Waals surface area (Å²) < 4.78 is 0. The van der Waals surface area contributed by atoms with Crippen molar-refractivity contribution >= 4 is 5.91 Å². The van der Waals surface area contributed by atoms with Gasteiger partial charge in [0.05, 0.1) is 0 Å². The molecule has 0 aliphatic rings. The molecular weight excluding hydrogens is 200 g/mol. The summed E-state index contributed by atoms with van der Waals surface area (Å²) in [6.07, 6.45) is 0.840. The Kier molecular flexibility index (Phi) is 4.50. The summed E-state index contributed by atoms with van der Waals surface area (Å²) in [5.41, 5.74) is 8.32. The van der Waals surface area contributed by atoms with Crippen LogP contribution in [0.25, 0.3) is 0 Å². The van der Waals surface area contributed by atoms with Gasteiger partial charge in [-0.2, -0.15) is 0 Å². The van der Waals surface area contributed by atoms with Gasteiger partial charge in [-0.1, -0.05) is 18.2 Å². The summed E-state index contributed by atoms with van der Waals surface area (Å²) in [6.45, 7) is 5.27. The van der Waals surface area contributed by atoms with E-state index >= 15 is 0 Å². The summed E-state index contributed by atoms with van der Waals surface area (Å²) in [5, 5.41) is 0. The number of hydrogen-bond donors (Lipinski definition) is 1. The van der Waals surface area contributed by atoms with Gasteiger partial charge in [0.25, 0.3) is 5.91 Å². The average Bonchev–Trinajstić information content (AvgIpc) is 2.25. The lowest BCUT2D eigenvalue weighted by Crippen LogP contribution is -2.30. The zero-order valence-electron chi connectivity index (χ0n) is 10.3. The number of rotatable bonds is 4. The Bertz CT molecular complexity index is 354. The van der Waals surface area contributed by atoms with Gasteiger partial charge in [0.1, 0.15) is 0 Å². The predicted octanol–water partition coefficient (Wildman–Crippen LogP) is 1.72. The first-order chi connectivity index (χ1) is 7.57. The van der Waals surface area contributed by atoms with Crippen LogP contribution in [0, 0.1) is 13.8 Å². The van der Waals surface area contributed by atoms with Gasteiger partial charge in [-0.15, -0.1) is 0 Å². The molecule has 0 unspecified atom stereocenters. The van der Waals surface area contributed by atoms with Crippen LogP contribution in [0.1, 0.15) is 27.9 Å². The van der Waals surface area contributed by atoms with Crippen molar-refractivity contribution in [3.63, 3.8) is 0 Å². The molecule has 0 saturated carbocycles. The fourth-order valence-corrected chi connectivity index (χ4v) is 1.77. The predicted molar refractivity (Wildman–Crippen MR) is 66.5 cm³/mol. The third kappa shape index (κ3) is 2.83. The smallest absolute Gasteiger partial charge is 0.254 e. The molecule has 2 N–H and O–H groups in total. The van der Waals surface area contributed by atoms with E-state index < -0.39 is 0 Å². The molecule has 0 fully saturated rings. The van der Waals surface area contributed by atoms with Crippen LogP contribution >= 0.6 is 0 Å². The molecule has 16 heavy (non-hydrogen) atoms. The van der Waals surface area contributed by atoms with Gasteiger partial charge in [0.2, 0.25) is 0 Å². The van der Waals surface area contributed by atoms with E-state index in [4.69, 9.17) is 5.73 Å². The van der Waals surface area contributed by atoms with Crippen LogP contribution in [0.3, 0.4) is 0 Å². The second-order valence-corrected chi connectivity index (χ2v) is 4.14. The molecular formula is C13H20N2O. The molecule has 0 aromatic heterocycles. The Morgan fingerprint density at radius 2 is 1.88 bits per heavy atom. The van der Waals surface area contributed by atoms with Crippen LogP contribution in [0.4, 0.5) is 0 Å². The Balaban J connectivity index is 2.87. The van der Waals surface area contributed by atoms with Crippen molar-refractivity contribution in [1.29, 1.82) is 0 Å². The molecule has 0 spiro atoms. The molecule has 1 aromatic carbocycles. The van der Waals surface area contributed by atoms with Gasteiger partial charge < -0.3 is 10.6 Å². The molecule has 0 heterocycles. The van der Waals surface area contributed by atoms with Crippen LogP contribution in [-0.4, -0.2) is 30.9 Å². The molecule has 88 valence electrons. The van der Waals surface area contributed by atoms with Gasteiger partial charge in [-0.05, 0) is 37.9 Å². The van der Waals surface area contributed by atoms with Crippen LogP contribution in [0.5, 0.6) is 0 Å². The second kappa shape index (κ2) is 5.66. The molecule has 1 aromatic rings. The molecule has 1 rings (SSSR count). The molecule has 0 atom stereocenters. The first-order valence-corrected chi connectivity index (χ1v) is 5.59. The maximum Gasteiger partial charge on any atom is 0.254 e. The minimum atomic E-state index is 0.0871. The number of hydrogen-bond acceptors (Lipinski definition) is 2. The minimum absolute atomic E-state index is 0.0871. The van der Waals surface area contributed by atoms with E-state index in [1.54, 1.807) is 4.90 Å². The standard InChI is InChI=1S/C13H20N2O/c1-10-6-4-7-11(2)12(10)13(16)15(3)9-5-8-14/h4,6-7H,5,8-9,14H2,1-3H3. The SMILES string of the molecule is Cc1cccc(C)c1C(=O)N(C)CCCN. The lowest BCUT2D eigenvalue weighted by atomic mass is 10.0. The number of benzene rings is 1. The summed E-state index contributed by atoms with van der Waals surface area (Å²) in [5.74, 6) is 0.0871. The number of carbonyl (C=O) groups is 1. The van der Waals surface area contributed by atoms with Crippen molar-refractivity contribution in [1.82, 2.24) is 4.90 Å². The highest BCUT2D eigenvalue weighted by atomic mass is 16.2. The number of nitrogens with zero attached hydrogens (tertiary/aromatic N) is 1. The first-order valence-electron chi connectivity index (χ1n) is 5.59. The van der Waals surface area contributed by atoms with Gasteiger partial charge in [-0.3, -0.25) is 4.79 Å². The van der Waals surface area contributed by atoms with Gasteiger partial charge >= 0.3 is 0 Å². The van der Waals surface area contributed by atoms with Crippen molar-refractivity contribution in [2.24, 2.45) is 5.73 Å². The number of nitrogens with two attached hydrogens (primary N) is 1. The van der Waals surface area contributed by atoms with Crippen molar-refractivity contribution in [2.45, 2.75) is 20.3 Å². The van der Waals surface area contributed by atoms with Gasteiger partial charge in [-0.25, -0.2) is 0 Å². The topological polar surface area (TPSA) is 46.3 Å². The van der Waals surface area contributed by atoms with E-state index in [2.05, 4.69) is 0 Å². The maximum absolute atomic E-state index is 12.2. The highest BCUT2D eigenvalue weighted by Gasteiger charge is 2.15. The fraction of sp³-hybridized carbons (Fsp3) is 0.462. The Labute approximate surface area is 97.2 Å². The van der Waals surface area contributed by atoms with E-state index in [0.29, 0.717) is 13.1 Å². The molecule has 3 nitrogen and oxygen atoms in total. The van der Waals surface area contributed by atoms with Crippen LogP contribution in [0.2, 0.25) is 0 Å². The third-order valence-electron chi connectivity index (χ3n) is 2.74. The van der Waals surface area contributed by atoms with E-state index in [0.717, 1.165) is 23.1 Å². The fourth-order valence-electron chi connectivity index (χ4n) is 1.77. The van der Waals surface area contributed by atoms with E-state index in [1.807, 2.05) is 39.1 Å². The van der Waals surface area contributed by atoms with Crippen LogP contribution in [-0.2, 0) is 0 Å². The summed E-state index contributed by atoms with van der Waals surface area (Å²) in [6, 6.07) is 5.91. The minimum Gasteiger partial charge on any atom is -0.342 e. The highest BCUT2D eigenvalue weighted by molar-refractivity contribution is 5.96. The normalized spacial score (nSPS) is 10.2. The molecule has 0 aliphatic heterocycles. The van der Waals surface area contributed by atoms with E-state index in [-0.39, 0.29) is 5.91 Å². The molecule has 3 heteroatoms. The van der Waals surface area contributed by atoms with Crippen molar-refractivity contribution in [3.05, 3.63) is 34.9 Å². The highest BCUT2D eigenvalue weighted by Crippen LogP contribution is 2.15. The van der Waals surface area contributed by atoms with Crippen molar-refractivity contribution < 1.29 is 4.79 Å². The largest absolute Gasteiger partial charge is 0.342 e. The summed E-state index contributed by atoms with van der Waals surface area (Å²) in [7, 11) is 1.82. The second-order valence-electron chi connectivity index (χ2n) is 4.14. The lowest BCUT2D eigenvalue weighted by Gasteiger charge is -2.19. The molecule has 0 bridgehead atoms. The number of carbonyl (C=O) groups excluding carboxylic acids is 1. The zero-order valence-corrected chi connectivity index (χ0v) is 10.3.